The van der Waals surface area contributed by atoms with Gasteiger partial charge in [-0.3, -0.25) is 4.79 Å². The summed E-state index contributed by atoms with van der Waals surface area (Å²) in [5.41, 5.74) is 1.25. The van der Waals surface area contributed by atoms with Crippen molar-refractivity contribution in [1.82, 2.24) is 0 Å². The standard InChI is InChI=1S/C16H22O3/c1-2-13-5-3-4-6-15(13)19-14-9-7-12(8-10-14)11-16(17)18/h3-6,12,14H,2,7-11H2,1H3,(H,17,18). The van der Waals surface area contributed by atoms with E-state index in [1.54, 1.807) is 0 Å². The van der Waals surface area contributed by atoms with Gasteiger partial charge in [0.05, 0.1) is 6.10 Å². The molecular formula is C16H22O3. The maximum Gasteiger partial charge on any atom is 0.303 e. The Morgan fingerprint density at radius 2 is 1.95 bits per heavy atom. The lowest BCUT2D eigenvalue weighted by Gasteiger charge is -2.28. The number of carboxylic acid groups (broad SMARTS) is 1. The van der Waals surface area contributed by atoms with E-state index in [1.165, 1.54) is 5.56 Å². The second-order valence-electron chi connectivity index (χ2n) is 5.32. The van der Waals surface area contributed by atoms with E-state index in [9.17, 15) is 4.79 Å². The number of carboxylic acids is 1. The second kappa shape index (κ2) is 6.60. The van der Waals surface area contributed by atoms with Crippen molar-refractivity contribution >= 4 is 5.97 Å². The van der Waals surface area contributed by atoms with Crippen LogP contribution in [0.4, 0.5) is 0 Å². The van der Waals surface area contributed by atoms with Gasteiger partial charge in [0, 0.05) is 6.42 Å². The van der Waals surface area contributed by atoms with Gasteiger partial charge in [-0.15, -0.1) is 0 Å². The van der Waals surface area contributed by atoms with E-state index in [0.29, 0.717) is 12.3 Å². The van der Waals surface area contributed by atoms with Crippen molar-refractivity contribution in [2.45, 2.75) is 51.6 Å². The first-order chi connectivity index (χ1) is 9.19. The van der Waals surface area contributed by atoms with Gasteiger partial charge in [0.1, 0.15) is 5.75 Å². The Bertz CT molecular complexity index is 420. The van der Waals surface area contributed by atoms with Gasteiger partial charge in [0.2, 0.25) is 0 Å². The summed E-state index contributed by atoms with van der Waals surface area (Å²) in [7, 11) is 0. The normalized spacial score (nSPS) is 23.0. The molecule has 0 spiro atoms. The molecule has 0 aliphatic heterocycles. The lowest BCUT2D eigenvalue weighted by molar-refractivity contribution is -0.138. The lowest BCUT2D eigenvalue weighted by Crippen LogP contribution is -2.25. The van der Waals surface area contributed by atoms with Crippen LogP contribution in [0.3, 0.4) is 0 Å². The summed E-state index contributed by atoms with van der Waals surface area (Å²) in [6, 6.07) is 8.17. The molecule has 0 unspecified atom stereocenters. The molecular weight excluding hydrogens is 240 g/mol. The zero-order valence-corrected chi connectivity index (χ0v) is 11.5. The SMILES string of the molecule is CCc1ccccc1OC1CCC(CC(=O)O)CC1. The first-order valence-corrected chi connectivity index (χ1v) is 7.15. The fraction of sp³-hybridized carbons (Fsp3) is 0.562. The molecule has 0 bridgehead atoms. The minimum Gasteiger partial charge on any atom is -0.490 e. The van der Waals surface area contributed by atoms with Gasteiger partial charge >= 0.3 is 5.97 Å². The van der Waals surface area contributed by atoms with E-state index in [1.807, 2.05) is 18.2 Å². The van der Waals surface area contributed by atoms with E-state index in [2.05, 4.69) is 13.0 Å². The highest BCUT2D eigenvalue weighted by molar-refractivity contribution is 5.67. The Morgan fingerprint density at radius 3 is 2.58 bits per heavy atom. The number of ether oxygens (including phenoxy) is 1. The summed E-state index contributed by atoms with van der Waals surface area (Å²) < 4.78 is 6.08. The van der Waals surface area contributed by atoms with Crippen LogP contribution < -0.4 is 4.74 Å². The van der Waals surface area contributed by atoms with Crippen molar-refractivity contribution in [3.8, 4) is 5.75 Å². The molecule has 1 aromatic carbocycles. The van der Waals surface area contributed by atoms with Gasteiger partial charge in [0.25, 0.3) is 0 Å². The molecule has 0 aromatic heterocycles. The van der Waals surface area contributed by atoms with Crippen molar-refractivity contribution < 1.29 is 14.6 Å². The van der Waals surface area contributed by atoms with Crippen molar-refractivity contribution in [1.29, 1.82) is 0 Å². The molecule has 1 aliphatic carbocycles. The first-order valence-electron chi connectivity index (χ1n) is 7.15. The smallest absolute Gasteiger partial charge is 0.303 e. The lowest BCUT2D eigenvalue weighted by atomic mass is 9.85. The number of carbonyl (C=O) groups is 1. The summed E-state index contributed by atoms with van der Waals surface area (Å²) in [6.07, 6.45) is 5.39. The molecule has 0 amide bonds. The van der Waals surface area contributed by atoms with Gasteiger partial charge in [-0.25, -0.2) is 0 Å². The molecule has 2 rings (SSSR count). The third kappa shape index (κ3) is 3.98. The summed E-state index contributed by atoms with van der Waals surface area (Å²) in [4.78, 5) is 10.7. The highest BCUT2D eigenvalue weighted by Gasteiger charge is 2.24. The number of hydrogen-bond acceptors (Lipinski definition) is 2. The van der Waals surface area contributed by atoms with Crippen LogP contribution in [0.15, 0.2) is 24.3 Å². The van der Waals surface area contributed by atoms with Crippen molar-refractivity contribution in [2.24, 2.45) is 5.92 Å². The van der Waals surface area contributed by atoms with Gasteiger partial charge in [-0.05, 0) is 49.7 Å². The average Bonchev–Trinajstić information content (AvgIpc) is 2.41. The molecule has 0 heterocycles. The number of aryl methyl sites for hydroxylation is 1. The average molecular weight is 262 g/mol. The summed E-state index contributed by atoms with van der Waals surface area (Å²) in [5, 5.41) is 8.80. The van der Waals surface area contributed by atoms with Gasteiger partial charge in [0.15, 0.2) is 0 Å². The highest BCUT2D eigenvalue weighted by Crippen LogP contribution is 2.30. The molecule has 0 saturated heterocycles. The van der Waals surface area contributed by atoms with Crippen LogP contribution >= 0.6 is 0 Å². The van der Waals surface area contributed by atoms with Gasteiger partial charge in [-0.2, -0.15) is 0 Å². The first kappa shape index (κ1) is 13.9. The molecule has 104 valence electrons. The topological polar surface area (TPSA) is 46.5 Å². The predicted octanol–water partition coefficient (Wildman–Crippen LogP) is 3.66. The number of aliphatic carboxylic acids is 1. The zero-order chi connectivity index (χ0) is 13.7. The van der Waals surface area contributed by atoms with E-state index < -0.39 is 5.97 Å². The minimum absolute atomic E-state index is 0.248. The molecule has 0 radical (unpaired) electrons. The van der Waals surface area contributed by atoms with E-state index in [-0.39, 0.29) is 6.10 Å². The molecule has 3 heteroatoms. The van der Waals surface area contributed by atoms with E-state index >= 15 is 0 Å². The third-order valence-corrected chi connectivity index (χ3v) is 3.90. The second-order valence-corrected chi connectivity index (χ2v) is 5.32. The molecule has 1 aromatic rings. The van der Waals surface area contributed by atoms with Crippen molar-refractivity contribution in [3.63, 3.8) is 0 Å². The Balaban J connectivity index is 1.87. The summed E-state index contributed by atoms with van der Waals surface area (Å²) in [6.45, 7) is 2.13. The van der Waals surface area contributed by atoms with Crippen molar-refractivity contribution in [2.75, 3.05) is 0 Å². The molecule has 0 atom stereocenters. The van der Waals surface area contributed by atoms with Crippen LogP contribution in [0.5, 0.6) is 5.75 Å². The maximum absolute atomic E-state index is 10.7. The fourth-order valence-corrected chi connectivity index (χ4v) is 2.79. The maximum atomic E-state index is 10.7. The van der Waals surface area contributed by atoms with E-state index in [0.717, 1.165) is 37.9 Å². The molecule has 1 saturated carbocycles. The summed E-state index contributed by atoms with van der Waals surface area (Å²) >= 11 is 0. The largest absolute Gasteiger partial charge is 0.490 e. The third-order valence-electron chi connectivity index (χ3n) is 3.90. The minimum atomic E-state index is -0.680. The van der Waals surface area contributed by atoms with Crippen LogP contribution in [0.1, 0.15) is 44.6 Å². The molecule has 1 N–H and O–H groups in total. The van der Waals surface area contributed by atoms with Gasteiger partial charge in [-0.1, -0.05) is 25.1 Å². The van der Waals surface area contributed by atoms with Gasteiger partial charge < -0.3 is 9.84 Å². The molecule has 3 nitrogen and oxygen atoms in total. The van der Waals surface area contributed by atoms with Crippen LogP contribution in [-0.4, -0.2) is 17.2 Å². The Hall–Kier alpha value is -1.51. The molecule has 19 heavy (non-hydrogen) atoms. The molecule has 1 fully saturated rings. The Kier molecular flexibility index (Phi) is 4.83. The number of hydrogen-bond donors (Lipinski definition) is 1. The number of rotatable bonds is 5. The number of para-hydroxylation sites is 1. The summed E-state index contributed by atoms with van der Waals surface area (Å²) in [5.74, 6) is 0.645. The van der Waals surface area contributed by atoms with Crippen LogP contribution in [-0.2, 0) is 11.2 Å². The Morgan fingerprint density at radius 1 is 1.26 bits per heavy atom. The number of benzene rings is 1. The van der Waals surface area contributed by atoms with Crippen LogP contribution in [0.25, 0.3) is 0 Å². The zero-order valence-electron chi connectivity index (χ0n) is 11.5. The monoisotopic (exact) mass is 262 g/mol. The predicted molar refractivity (Wildman–Crippen MR) is 74.4 cm³/mol. The quantitative estimate of drug-likeness (QED) is 0.880. The van der Waals surface area contributed by atoms with Crippen LogP contribution in [0.2, 0.25) is 0 Å². The Labute approximate surface area is 114 Å². The van der Waals surface area contributed by atoms with Crippen molar-refractivity contribution in [3.05, 3.63) is 29.8 Å². The van der Waals surface area contributed by atoms with E-state index in [4.69, 9.17) is 9.84 Å². The fourth-order valence-electron chi connectivity index (χ4n) is 2.79. The molecule has 1 aliphatic rings. The van der Waals surface area contributed by atoms with Crippen LogP contribution in [0, 0.1) is 5.92 Å². The highest BCUT2D eigenvalue weighted by atomic mass is 16.5.